The van der Waals surface area contributed by atoms with Crippen LogP contribution in [0.5, 0.6) is 0 Å². The number of hydrogen-bond donors (Lipinski definition) is 0. The lowest BCUT2D eigenvalue weighted by atomic mass is 9.76. The fraction of sp³-hybridized carbons (Fsp3) is 0.360. The summed E-state index contributed by atoms with van der Waals surface area (Å²) in [5, 5.41) is 0.657. The Kier molecular flexibility index (Phi) is 8.22. The van der Waals surface area contributed by atoms with Crippen molar-refractivity contribution in [2.45, 2.75) is 25.7 Å². The lowest BCUT2D eigenvalue weighted by molar-refractivity contribution is -0.163. The molecule has 1 unspecified atom stereocenters. The lowest BCUT2D eigenvalue weighted by Gasteiger charge is -2.35. The zero-order valence-corrected chi connectivity index (χ0v) is 20.3. The average Bonchev–Trinajstić information content (AvgIpc) is 2.96. The van der Waals surface area contributed by atoms with Crippen molar-refractivity contribution in [3.63, 3.8) is 0 Å². The molecule has 2 heterocycles. The lowest BCUT2D eigenvalue weighted by Crippen LogP contribution is -2.32. The molecule has 1 saturated heterocycles. The van der Waals surface area contributed by atoms with E-state index in [2.05, 4.69) is 22.5 Å². The van der Waals surface area contributed by atoms with E-state index in [4.69, 9.17) is 30.5 Å². The van der Waals surface area contributed by atoms with Gasteiger partial charge in [0, 0.05) is 36.3 Å². The topological polar surface area (TPSA) is 60.9 Å². The Hall–Kier alpha value is -2.16. The van der Waals surface area contributed by atoms with E-state index < -0.39 is 0 Å². The molecule has 0 saturated carbocycles. The summed E-state index contributed by atoms with van der Waals surface area (Å²) in [6.45, 7) is 3.92. The number of hydrogen-bond acceptors (Lipinski definition) is 7. The number of aromatic nitrogens is 1. The van der Waals surface area contributed by atoms with Crippen molar-refractivity contribution in [3.05, 3.63) is 76.1 Å². The molecular formula is C25H27ClN2O4S. The first kappa shape index (κ1) is 24.0. The second-order valence-corrected chi connectivity index (χ2v) is 9.19. The molecule has 2 aromatic rings. The van der Waals surface area contributed by atoms with E-state index in [1.165, 1.54) is 31.0 Å². The van der Waals surface area contributed by atoms with Crippen molar-refractivity contribution in [1.29, 1.82) is 0 Å². The Morgan fingerprint density at radius 2 is 2.12 bits per heavy atom. The highest BCUT2D eigenvalue weighted by molar-refractivity contribution is 7.92. The number of carbonyl (C=O) groups is 1. The van der Waals surface area contributed by atoms with Crippen molar-refractivity contribution >= 4 is 41.4 Å². The highest BCUT2D eigenvalue weighted by Crippen LogP contribution is 2.45. The van der Waals surface area contributed by atoms with Crippen LogP contribution in [0.25, 0.3) is 11.6 Å². The minimum atomic E-state index is -0.364. The molecule has 1 aliphatic heterocycles. The number of pyridine rings is 1. The van der Waals surface area contributed by atoms with E-state index in [0.29, 0.717) is 17.5 Å². The Balaban J connectivity index is 1.73. The summed E-state index contributed by atoms with van der Waals surface area (Å²) < 4.78 is 12.3. The molecule has 0 amide bonds. The van der Waals surface area contributed by atoms with Gasteiger partial charge < -0.3 is 4.74 Å². The Bertz CT molecular complexity index is 1050. The van der Waals surface area contributed by atoms with Crippen LogP contribution in [0, 0.1) is 5.92 Å². The smallest absolute Gasteiger partial charge is 0.330 e. The maximum Gasteiger partial charge on any atom is 0.330 e. The molecule has 0 radical (unpaired) electrons. The first-order valence-electron chi connectivity index (χ1n) is 11.0. The zero-order chi connectivity index (χ0) is 23.2. The van der Waals surface area contributed by atoms with E-state index >= 15 is 0 Å². The number of benzene rings is 1. The summed E-state index contributed by atoms with van der Waals surface area (Å²) in [7, 11) is 1.51. The van der Waals surface area contributed by atoms with E-state index in [-0.39, 0.29) is 11.9 Å². The number of carbonyl (C=O) groups excluding carboxylic acids is 1. The Morgan fingerprint density at radius 3 is 2.88 bits per heavy atom. The number of piperidine rings is 1. The quantitative estimate of drug-likeness (QED) is 0.124. The van der Waals surface area contributed by atoms with E-state index in [0.717, 1.165) is 48.3 Å². The average molecular weight is 487 g/mol. The molecule has 1 aromatic heterocycles. The Morgan fingerprint density at radius 1 is 1.30 bits per heavy atom. The van der Waals surface area contributed by atoms with Crippen LogP contribution in [0.3, 0.4) is 0 Å². The number of esters is 1. The molecule has 174 valence electrons. The van der Waals surface area contributed by atoms with Gasteiger partial charge in [0.25, 0.3) is 0 Å². The van der Waals surface area contributed by atoms with Crippen LogP contribution in [-0.4, -0.2) is 42.1 Å². The molecule has 1 fully saturated rings. The summed E-state index contributed by atoms with van der Waals surface area (Å²) in [5.41, 5.74) is 5.22. The van der Waals surface area contributed by atoms with Gasteiger partial charge in [0.1, 0.15) is 12.2 Å². The molecular weight excluding hydrogens is 460 g/mol. The van der Waals surface area contributed by atoms with E-state index in [1.807, 2.05) is 30.5 Å². The fourth-order valence-corrected chi connectivity index (χ4v) is 5.25. The molecule has 2 aliphatic rings. The molecule has 4 rings (SSSR count). The van der Waals surface area contributed by atoms with Crippen molar-refractivity contribution in [3.8, 4) is 0 Å². The van der Waals surface area contributed by atoms with Crippen LogP contribution >= 0.6 is 23.8 Å². The predicted octanol–water partition coefficient (Wildman–Crippen LogP) is 5.69. The number of ether oxygens (including phenoxy) is 1. The second kappa shape index (κ2) is 11.3. The minimum absolute atomic E-state index is 0.119. The monoisotopic (exact) mass is 486 g/mol. The fourth-order valence-electron chi connectivity index (χ4n) is 4.57. The van der Waals surface area contributed by atoms with Crippen LogP contribution < -0.4 is 0 Å². The van der Waals surface area contributed by atoms with Crippen molar-refractivity contribution in [2.75, 3.05) is 26.8 Å². The zero-order valence-electron chi connectivity index (χ0n) is 18.7. The van der Waals surface area contributed by atoms with Gasteiger partial charge in [0.05, 0.1) is 19.4 Å². The van der Waals surface area contributed by atoms with Crippen molar-refractivity contribution in [2.24, 2.45) is 5.92 Å². The first-order chi connectivity index (χ1) is 16.1. The van der Waals surface area contributed by atoms with Gasteiger partial charge in [-0.15, -0.1) is 4.33 Å². The number of allylic oxidation sites excluding steroid dienone is 2. The molecule has 6 nitrogen and oxygen atoms in total. The molecule has 1 atom stereocenters. The molecule has 33 heavy (non-hydrogen) atoms. The van der Waals surface area contributed by atoms with E-state index in [1.54, 1.807) is 6.92 Å². The summed E-state index contributed by atoms with van der Waals surface area (Å²) >= 11 is 7.68. The largest absolute Gasteiger partial charge is 0.463 e. The summed E-state index contributed by atoms with van der Waals surface area (Å²) in [5.74, 6) is 0.158. The second-order valence-electron chi connectivity index (χ2n) is 7.95. The van der Waals surface area contributed by atoms with Gasteiger partial charge in [-0.2, -0.15) is 0 Å². The number of nitrogens with zero attached hydrogens (tertiary/aromatic N) is 2. The van der Waals surface area contributed by atoms with Gasteiger partial charge in [0.2, 0.25) is 0 Å². The van der Waals surface area contributed by atoms with Gasteiger partial charge in [-0.3, -0.25) is 4.98 Å². The third-order valence-corrected chi connectivity index (χ3v) is 7.01. The van der Waals surface area contributed by atoms with Crippen LogP contribution in [0.1, 0.15) is 48.1 Å². The molecule has 1 aromatic carbocycles. The van der Waals surface area contributed by atoms with Gasteiger partial charge >= 0.3 is 5.97 Å². The minimum Gasteiger partial charge on any atom is -0.463 e. The highest BCUT2D eigenvalue weighted by atomic mass is 35.5. The van der Waals surface area contributed by atoms with Crippen LogP contribution in [-0.2, 0) is 18.8 Å². The van der Waals surface area contributed by atoms with Gasteiger partial charge in [-0.25, -0.2) is 14.0 Å². The number of fused-ring (bicyclic) bond motifs is 2. The molecule has 0 spiro atoms. The molecule has 0 bridgehead atoms. The standard InChI is InChI=1S/C25H27ClN2O4S/c1-3-31-23(29)9-6-18-15-19-5-4-12-27-25(19)24(21-8-7-20(26)16-22(18)21)17-10-13-28(14-11-17)33-32-30-2/h4-9,12,15-17,24H,3,10-11,13-14H2,1-2H3. The third-order valence-electron chi connectivity index (χ3n) is 6.00. The van der Waals surface area contributed by atoms with Crippen LogP contribution in [0.15, 0.2) is 48.7 Å². The van der Waals surface area contributed by atoms with E-state index in [9.17, 15) is 4.79 Å². The van der Waals surface area contributed by atoms with Crippen molar-refractivity contribution < 1.29 is 18.8 Å². The normalized spacial score (nSPS) is 19.0. The molecule has 1 aliphatic carbocycles. The number of rotatable bonds is 7. The summed E-state index contributed by atoms with van der Waals surface area (Å²) in [6.07, 6.45) is 9.22. The van der Waals surface area contributed by atoms with Crippen LogP contribution in [0.4, 0.5) is 0 Å². The summed E-state index contributed by atoms with van der Waals surface area (Å²) in [4.78, 5) is 21.6. The van der Waals surface area contributed by atoms with Gasteiger partial charge in [0.15, 0.2) is 0 Å². The number of halogens is 1. The molecule has 0 N–H and O–H groups in total. The van der Waals surface area contributed by atoms with Gasteiger partial charge in [-0.05, 0) is 78.3 Å². The maximum absolute atomic E-state index is 12.0. The molecule has 8 heteroatoms. The third kappa shape index (κ3) is 5.67. The van der Waals surface area contributed by atoms with Gasteiger partial charge in [-0.1, -0.05) is 23.7 Å². The predicted molar refractivity (Wildman–Crippen MR) is 131 cm³/mol. The Labute approximate surface area is 203 Å². The highest BCUT2D eigenvalue weighted by Gasteiger charge is 2.34. The SMILES string of the molecule is CCOC(=O)C=CC1=Cc2cccnc2C(C2CCN(SOOC)CC2)c2ccc(Cl)cc21. The maximum atomic E-state index is 12.0. The van der Waals surface area contributed by atoms with Crippen molar-refractivity contribution in [1.82, 2.24) is 9.29 Å². The summed E-state index contributed by atoms with van der Waals surface area (Å²) in [6, 6.07) is 10.1. The first-order valence-corrected chi connectivity index (χ1v) is 12.1. The van der Waals surface area contributed by atoms with Crippen LogP contribution in [0.2, 0.25) is 5.02 Å².